The first-order valence-electron chi connectivity index (χ1n) is 12.3. The van der Waals surface area contributed by atoms with Crippen molar-refractivity contribution in [1.29, 1.82) is 0 Å². The molecule has 1 amide bonds. The van der Waals surface area contributed by atoms with Crippen molar-refractivity contribution in [2.24, 2.45) is 23.7 Å². The van der Waals surface area contributed by atoms with Crippen LogP contribution in [0.1, 0.15) is 103 Å². The monoisotopic (exact) mass is 405 g/mol. The van der Waals surface area contributed by atoms with Gasteiger partial charge in [0.1, 0.15) is 0 Å². The van der Waals surface area contributed by atoms with Gasteiger partial charge in [-0.3, -0.25) is 9.59 Å². The Morgan fingerprint density at radius 3 is 1.69 bits per heavy atom. The van der Waals surface area contributed by atoms with Gasteiger partial charge in [0.2, 0.25) is 5.91 Å². The summed E-state index contributed by atoms with van der Waals surface area (Å²) >= 11 is 0. The smallest absolute Gasteiger partial charge is 0.307 e. The lowest BCUT2D eigenvalue weighted by molar-refractivity contribution is -0.147. The van der Waals surface area contributed by atoms with Gasteiger partial charge < -0.3 is 10.4 Å². The number of carbonyl (C=O) groups excluding carboxylic acids is 1. The van der Waals surface area contributed by atoms with Crippen molar-refractivity contribution in [1.82, 2.24) is 5.32 Å². The van der Waals surface area contributed by atoms with Crippen LogP contribution in [0.3, 0.4) is 0 Å². The Morgan fingerprint density at radius 2 is 1.21 bits per heavy atom. The van der Waals surface area contributed by atoms with E-state index in [0.717, 1.165) is 19.3 Å². The fourth-order valence-corrected chi connectivity index (χ4v) is 5.17. The minimum atomic E-state index is -0.821. The van der Waals surface area contributed by atoms with Crippen molar-refractivity contribution >= 4 is 11.9 Å². The molecule has 2 rings (SSSR count). The van der Waals surface area contributed by atoms with Crippen LogP contribution < -0.4 is 5.32 Å². The first-order valence-corrected chi connectivity index (χ1v) is 12.3. The third kappa shape index (κ3) is 8.14. The zero-order valence-electron chi connectivity index (χ0n) is 18.5. The lowest BCUT2D eigenvalue weighted by Crippen LogP contribution is -2.40. The minimum absolute atomic E-state index is 0.0503. The number of hydrogen-bond acceptors (Lipinski definition) is 2. The molecule has 0 radical (unpaired) electrons. The Kier molecular flexibility index (Phi) is 11.4. The molecular weight excluding hydrogens is 362 g/mol. The maximum Gasteiger partial charge on any atom is 0.307 e. The van der Waals surface area contributed by atoms with Crippen molar-refractivity contribution in [2.45, 2.75) is 103 Å². The SMILES string of the molecule is CCCCCCCCCCCCCCCCNC(=O)[C@H]1[C@@H](C(=O)O)[C@H]2C=C[C@H]1C2. The molecule has 0 aliphatic heterocycles. The normalized spacial score (nSPS) is 24.9. The molecule has 166 valence electrons. The molecule has 2 bridgehead atoms. The highest BCUT2D eigenvalue weighted by atomic mass is 16.4. The van der Waals surface area contributed by atoms with Crippen molar-refractivity contribution < 1.29 is 14.7 Å². The zero-order valence-corrected chi connectivity index (χ0v) is 18.5. The molecule has 0 heterocycles. The van der Waals surface area contributed by atoms with Crippen LogP contribution in [0.2, 0.25) is 0 Å². The van der Waals surface area contributed by atoms with E-state index in [1.54, 1.807) is 0 Å². The van der Waals surface area contributed by atoms with Crippen LogP contribution in [0.4, 0.5) is 0 Å². The van der Waals surface area contributed by atoms with Crippen molar-refractivity contribution in [3.05, 3.63) is 12.2 Å². The lowest BCUT2D eigenvalue weighted by atomic mass is 9.82. The Bertz CT molecular complexity index is 516. The number of unbranched alkanes of at least 4 members (excludes halogenated alkanes) is 13. The van der Waals surface area contributed by atoms with Crippen molar-refractivity contribution in [3.8, 4) is 0 Å². The van der Waals surface area contributed by atoms with E-state index in [4.69, 9.17) is 0 Å². The van der Waals surface area contributed by atoms with Crippen LogP contribution in [0.15, 0.2) is 12.2 Å². The predicted molar refractivity (Wildman–Crippen MR) is 119 cm³/mol. The molecule has 4 nitrogen and oxygen atoms in total. The van der Waals surface area contributed by atoms with E-state index >= 15 is 0 Å². The second kappa shape index (κ2) is 13.8. The largest absolute Gasteiger partial charge is 0.481 e. The molecule has 0 unspecified atom stereocenters. The summed E-state index contributed by atoms with van der Waals surface area (Å²) in [4.78, 5) is 24.0. The molecule has 0 aromatic carbocycles. The highest BCUT2D eigenvalue weighted by Crippen LogP contribution is 2.48. The summed E-state index contributed by atoms with van der Waals surface area (Å²) in [6.07, 6.45) is 23.4. The Labute approximate surface area is 177 Å². The Balaban J connectivity index is 1.40. The van der Waals surface area contributed by atoms with Crippen molar-refractivity contribution in [3.63, 3.8) is 0 Å². The van der Waals surface area contributed by atoms with E-state index in [1.165, 1.54) is 77.0 Å². The fraction of sp³-hybridized carbons (Fsp3) is 0.840. The molecule has 4 atom stereocenters. The quantitative estimate of drug-likeness (QED) is 0.227. The maximum atomic E-state index is 12.5. The van der Waals surface area contributed by atoms with E-state index < -0.39 is 11.9 Å². The van der Waals surface area contributed by atoms with Crippen LogP contribution >= 0.6 is 0 Å². The summed E-state index contributed by atoms with van der Waals surface area (Å²) in [6.45, 7) is 2.95. The second-order valence-corrected chi connectivity index (χ2v) is 9.23. The van der Waals surface area contributed by atoms with E-state index in [1.807, 2.05) is 12.2 Å². The summed E-state index contributed by atoms with van der Waals surface area (Å²) < 4.78 is 0. The van der Waals surface area contributed by atoms with E-state index in [0.29, 0.717) is 6.54 Å². The first-order chi connectivity index (χ1) is 14.1. The topological polar surface area (TPSA) is 66.4 Å². The van der Waals surface area contributed by atoms with E-state index in [-0.39, 0.29) is 23.7 Å². The van der Waals surface area contributed by atoms with Gasteiger partial charge in [-0.1, -0.05) is 103 Å². The number of fused-ring (bicyclic) bond motifs is 2. The van der Waals surface area contributed by atoms with Gasteiger partial charge in [0, 0.05) is 6.54 Å². The molecule has 4 heteroatoms. The molecule has 0 aromatic heterocycles. The minimum Gasteiger partial charge on any atom is -0.481 e. The molecule has 2 aliphatic carbocycles. The molecule has 1 saturated carbocycles. The number of aliphatic carboxylic acids is 1. The molecule has 0 saturated heterocycles. The summed E-state index contributed by atoms with van der Waals surface area (Å²) in [5.41, 5.74) is 0. The summed E-state index contributed by atoms with van der Waals surface area (Å²) in [6, 6.07) is 0. The van der Waals surface area contributed by atoms with E-state index in [2.05, 4.69) is 12.2 Å². The molecule has 0 aromatic rings. The molecule has 29 heavy (non-hydrogen) atoms. The van der Waals surface area contributed by atoms with Crippen LogP contribution in [-0.4, -0.2) is 23.5 Å². The van der Waals surface area contributed by atoms with Crippen molar-refractivity contribution in [2.75, 3.05) is 6.54 Å². The third-order valence-corrected chi connectivity index (χ3v) is 6.88. The molecular formula is C25H43NO3. The van der Waals surface area contributed by atoms with Crippen LogP contribution in [0, 0.1) is 23.7 Å². The Morgan fingerprint density at radius 1 is 0.759 bits per heavy atom. The number of carbonyl (C=O) groups is 2. The number of carboxylic acids is 1. The van der Waals surface area contributed by atoms with Gasteiger partial charge >= 0.3 is 5.97 Å². The molecule has 2 N–H and O–H groups in total. The average Bonchev–Trinajstić information content (AvgIpc) is 3.32. The highest BCUT2D eigenvalue weighted by molar-refractivity contribution is 5.86. The van der Waals surface area contributed by atoms with Crippen LogP contribution in [0.5, 0.6) is 0 Å². The third-order valence-electron chi connectivity index (χ3n) is 6.88. The summed E-state index contributed by atoms with van der Waals surface area (Å²) in [5, 5.41) is 12.4. The zero-order chi connectivity index (χ0) is 20.9. The number of carboxylic acid groups (broad SMARTS) is 1. The summed E-state index contributed by atoms with van der Waals surface area (Å²) in [5.74, 6) is -1.59. The molecule has 1 fully saturated rings. The van der Waals surface area contributed by atoms with Gasteiger partial charge in [-0.15, -0.1) is 0 Å². The van der Waals surface area contributed by atoms with Gasteiger partial charge in [0.15, 0.2) is 0 Å². The summed E-state index contributed by atoms with van der Waals surface area (Å²) in [7, 11) is 0. The molecule has 2 aliphatic rings. The average molecular weight is 406 g/mol. The van der Waals surface area contributed by atoms with Gasteiger partial charge in [-0.2, -0.15) is 0 Å². The molecule has 0 spiro atoms. The number of amides is 1. The predicted octanol–water partition coefficient (Wildman–Crippen LogP) is 6.11. The Hall–Kier alpha value is -1.32. The van der Waals surface area contributed by atoms with Gasteiger partial charge in [0.05, 0.1) is 11.8 Å². The maximum absolute atomic E-state index is 12.5. The number of nitrogens with one attached hydrogen (secondary N) is 1. The standard InChI is InChI=1S/C25H43NO3/c1-2-3-4-5-6-7-8-9-10-11-12-13-14-15-18-26-24(27)22-20-16-17-21(19-20)23(22)25(28)29/h16-17,20-23H,2-15,18-19H2,1H3,(H,26,27)(H,28,29)/t20-,21-,22+,23-/m0/s1. The highest BCUT2D eigenvalue weighted by Gasteiger charge is 2.51. The second-order valence-electron chi connectivity index (χ2n) is 9.23. The number of rotatable bonds is 17. The first kappa shape index (κ1) is 24.0. The number of hydrogen-bond donors (Lipinski definition) is 2. The van der Waals surface area contributed by atoms with Crippen LogP contribution in [0.25, 0.3) is 0 Å². The van der Waals surface area contributed by atoms with Gasteiger partial charge in [-0.25, -0.2) is 0 Å². The number of allylic oxidation sites excluding steroid dienone is 2. The van der Waals surface area contributed by atoms with Gasteiger partial charge in [0.25, 0.3) is 0 Å². The van der Waals surface area contributed by atoms with Crippen LogP contribution in [-0.2, 0) is 9.59 Å². The lowest BCUT2D eigenvalue weighted by Gasteiger charge is -2.23. The fourth-order valence-electron chi connectivity index (χ4n) is 5.17. The van der Waals surface area contributed by atoms with Gasteiger partial charge in [-0.05, 0) is 24.7 Å². The van der Waals surface area contributed by atoms with E-state index in [9.17, 15) is 14.7 Å².